The zero-order valence-electron chi connectivity index (χ0n) is 17.4. The molecule has 164 valence electrons. The molecule has 1 unspecified atom stereocenters. The van der Waals surface area contributed by atoms with E-state index in [0.29, 0.717) is 34.2 Å². The highest BCUT2D eigenvalue weighted by molar-refractivity contribution is 7.99. The van der Waals surface area contributed by atoms with Crippen LogP contribution in [0, 0.1) is 12.7 Å². The van der Waals surface area contributed by atoms with E-state index in [2.05, 4.69) is 5.32 Å². The average Bonchev–Trinajstić information content (AvgIpc) is 3.37. The van der Waals surface area contributed by atoms with Gasteiger partial charge < -0.3 is 10.1 Å². The number of benzene rings is 1. The molecule has 2 aromatic heterocycles. The van der Waals surface area contributed by atoms with Gasteiger partial charge in [0.15, 0.2) is 5.16 Å². The fourth-order valence-corrected chi connectivity index (χ4v) is 5.74. The minimum absolute atomic E-state index is 0.0193. The molecule has 0 saturated carbocycles. The number of nitrogens with one attached hydrogen (secondary N) is 1. The van der Waals surface area contributed by atoms with Gasteiger partial charge in [-0.05, 0) is 56.0 Å². The first-order valence-electron chi connectivity index (χ1n) is 10.3. The van der Waals surface area contributed by atoms with Gasteiger partial charge in [-0.1, -0.05) is 18.7 Å². The zero-order valence-corrected chi connectivity index (χ0v) is 19.1. The Morgan fingerprint density at radius 2 is 2.16 bits per heavy atom. The number of amides is 1. The summed E-state index contributed by atoms with van der Waals surface area (Å²) in [6.07, 6.45) is 2.64. The molecule has 0 aliphatic carbocycles. The molecule has 1 aliphatic heterocycles. The van der Waals surface area contributed by atoms with Crippen LogP contribution in [0.3, 0.4) is 0 Å². The van der Waals surface area contributed by atoms with E-state index in [1.807, 2.05) is 13.8 Å². The molecule has 4 rings (SSSR count). The third kappa shape index (κ3) is 4.83. The molecule has 1 aliphatic rings. The van der Waals surface area contributed by atoms with Gasteiger partial charge in [-0.15, -0.1) is 11.3 Å². The Kier molecular flexibility index (Phi) is 6.74. The zero-order chi connectivity index (χ0) is 22.0. The summed E-state index contributed by atoms with van der Waals surface area (Å²) in [5.74, 6) is -0.516. The second kappa shape index (κ2) is 9.50. The number of hydrogen-bond acceptors (Lipinski definition) is 6. The standard InChI is InChI=1S/C22H24FN3O3S2/c1-3-17-13(2)31-20-19(17)21(28)26(11-16-5-4-10-29-16)22(25-20)30-12-18(27)24-15-8-6-14(23)7-9-15/h6-9,16H,3-5,10-12H2,1-2H3,(H,24,27). The van der Waals surface area contributed by atoms with E-state index >= 15 is 0 Å². The van der Waals surface area contributed by atoms with E-state index in [9.17, 15) is 14.0 Å². The van der Waals surface area contributed by atoms with Crippen molar-refractivity contribution in [3.63, 3.8) is 0 Å². The lowest BCUT2D eigenvalue weighted by atomic mass is 10.1. The topological polar surface area (TPSA) is 73.2 Å². The molecule has 3 aromatic rings. The Morgan fingerprint density at radius 3 is 2.84 bits per heavy atom. The lowest BCUT2D eigenvalue weighted by Crippen LogP contribution is -2.29. The van der Waals surface area contributed by atoms with Crippen LogP contribution in [-0.2, 0) is 22.5 Å². The quantitative estimate of drug-likeness (QED) is 0.418. The van der Waals surface area contributed by atoms with Gasteiger partial charge in [0.1, 0.15) is 10.6 Å². The van der Waals surface area contributed by atoms with Crippen molar-refractivity contribution in [2.45, 2.75) is 50.9 Å². The van der Waals surface area contributed by atoms with Crippen molar-refractivity contribution >= 4 is 44.9 Å². The maximum Gasteiger partial charge on any atom is 0.263 e. The molecule has 0 spiro atoms. The van der Waals surface area contributed by atoms with E-state index < -0.39 is 0 Å². The number of carbonyl (C=O) groups is 1. The van der Waals surface area contributed by atoms with Crippen LogP contribution in [0.2, 0.25) is 0 Å². The molecular formula is C22H24FN3O3S2. The Balaban J connectivity index is 1.61. The van der Waals surface area contributed by atoms with Gasteiger partial charge in [0.05, 0.1) is 23.8 Å². The summed E-state index contributed by atoms with van der Waals surface area (Å²) < 4.78 is 20.5. The first-order valence-corrected chi connectivity index (χ1v) is 12.1. The number of thioether (sulfide) groups is 1. The van der Waals surface area contributed by atoms with Crippen molar-refractivity contribution < 1.29 is 13.9 Å². The number of halogens is 1. The maximum absolute atomic E-state index is 13.4. The van der Waals surface area contributed by atoms with Crippen LogP contribution in [0.4, 0.5) is 10.1 Å². The average molecular weight is 462 g/mol. The van der Waals surface area contributed by atoms with Gasteiger partial charge in [-0.3, -0.25) is 14.2 Å². The maximum atomic E-state index is 13.4. The number of thiophene rings is 1. The number of fused-ring (bicyclic) bond motifs is 1. The number of ether oxygens (including phenoxy) is 1. The molecule has 6 nitrogen and oxygen atoms in total. The highest BCUT2D eigenvalue weighted by atomic mass is 32.2. The number of aryl methyl sites for hydroxylation is 2. The third-order valence-electron chi connectivity index (χ3n) is 5.30. The monoisotopic (exact) mass is 461 g/mol. The van der Waals surface area contributed by atoms with Crippen LogP contribution in [0.1, 0.15) is 30.2 Å². The predicted octanol–water partition coefficient (Wildman–Crippen LogP) is 4.38. The SMILES string of the molecule is CCc1c(C)sc2nc(SCC(=O)Nc3ccc(F)cc3)n(CC3CCCO3)c(=O)c12. The molecule has 9 heteroatoms. The lowest BCUT2D eigenvalue weighted by molar-refractivity contribution is -0.113. The highest BCUT2D eigenvalue weighted by Crippen LogP contribution is 2.30. The summed E-state index contributed by atoms with van der Waals surface area (Å²) >= 11 is 2.75. The van der Waals surface area contributed by atoms with Crippen LogP contribution < -0.4 is 10.9 Å². The van der Waals surface area contributed by atoms with Gasteiger partial charge >= 0.3 is 0 Å². The molecule has 1 N–H and O–H groups in total. The Morgan fingerprint density at radius 1 is 1.39 bits per heavy atom. The fraction of sp³-hybridized carbons (Fsp3) is 0.409. The largest absolute Gasteiger partial charge is 0.376 e. The fourth-order valence-electron chi connectivity index (χ4n) is 3.78. The van der Waals surface area contributed by atoms with Gasteiger partial charge in [-0.25, -0.2) is 9.37 Å². The molecule has 0 bridgehead atoms. The smallest absolute Gasteiger partial charge is 0.263 e. The van der Waals surface area contributed by atoms with Crippen LogP contribution in [0.25, 0.3) is 10.2 Å². The molecule has 1 atom stereocenters. The number of nitrogens with zero attached hydrogens (tertiary/aromatic N) is 2. The lowest BCUT2D eigenvalue weighted by Gasteiger charge is -2.16. The van der Waals surface area contributed by atoms with Crippen molar-refractivity contribution in [1.29, 1.82) is 0 Å². The van der Waals surface area contributed by atoms with Crippen molar-refractivity contribution in [3.05, 3.63) is 50.9 Å². The Bertz CT molecular complexity index is 1150. The van der Waals surface area contributed by atoms with Gasteiger partial charge in [0.2, 0.25) is 5.91 Å². The van der Waals surface area contributed by atoms with Crippen LogP contribution in [0.5, 0.6) is 0 Å². The molecule has 0 radical (unpaired) electrons. The second-order valence-electron chi connectivity index (χ2n) is 7.46. The number of hydrogen-bond donors (Lipinski definition) is 1. The van der Waals surface area contributed by atoms with E-state index in [1.165, 1.54) is 47.4 Å². The van der Waals surface area contributed by atoms with Crippen molar-refractivity contribution in [2.24, 2.45) is 0 Å². The number of aromatic nitrogens is 2. The molecule has 1 aromatic carbocycles. The summed E-state index contributed by atoms with van der Waals surface area (Å²) in [5, 5.41) is 3.95. The summed E-state index contributed by atoms with van der Waals surface area (Å²) in [5.41, 5.74) is 1.50. The molecule has 1 fully saturated rings. The van der Waals surface area contributed by atoms with Gasteiger partial charge in [0.25, 0.3) is 5.56 Å². The van der Waals surface area contributed by atoms with Crippen molar-refractivity contribution in [1.82, 2.24) is 9.55 Å². The number of rotatable bonds is 7. The van der Waals surface area contributed by atoms with Crippen molar-refractivity contribution in [3.8, 4) is 0 Å². The molecule has 1 saturated heterocycles. The first kappa shape index (κ1) is 22.0. The normalized spacial score (nSPS) is 16.2. The summed E-state index contributed by atoms with van der Waals surface area (Å²) in [6, 6.07) is 5.61. The van der Waals surface area contributed by atoms with Crippen LogP contribution in [-0.4, -0.2) is 33.9 Å². The third-order valence-corrected chi connectivity index (χ3v) is 7.32. The Labute approximate surface area is 187 Å². The molecule has 3 heterocycles. The van der Waals surface area contributed by atoms with E-state index in [-0.39, 0.29) is 29.1 Å². The van der Waals surface area contributed by atoms with E-state index in [4.69, 9.17) is 9.72 Å². The minimum Gasteiger partial charge on any atom is -0.376 e. The van der Waals surface area contributed by atoms with E-state index in [1.54, 1.807) is 4.57 Å². The minimum atomic E-state index is -0.360. The molecule has 1 amide bonds. The van der Waals surface area contributed by atoms with Gasteiger partial charge in [0, 0.05) is 17.2 Å². The first-order chi connectivity index (χ1) is 15.0. The summed E-state index contributed by atoms with van der Waals surface area (Å²) in [7, 11) is 0. The summed E-state index contributed by atoms with van der Waals surface area (Å²) in [6.45, 7) is 5.19. The van der Waals surface area contributed by atoms with Gasteiger partial charge in [-0.2, -0.15) is 0 Å². The van der Waals surface area contributed by atoms with Crippen LogP contribution in [0.15, 0.2) is 34.2 Å². The van der Waals surface area contributed by atoms with Crippen molar-refractivity contribution in [2.75, 3.05) is 17.7 Å². The molecular weight excluding hydrogens is 437 g/mol. The van der Waals surface area contributed by atoms with Crippen LogP contribution >= 0.6 is 23.1 Å². The predicted molar refractivity (Wildman–Crippen MR) is 123 cm³/mol. The Hall–Kier alpha value is -2.23. The second-order valence-corrected chi connectivity index (χ2v) is 9.61. The van der Waals surface area contributed by atoms with E-state index in [0.717, 1.165) is 29.7 Å². The summed E-state index contributed by atoms with van der Waals surface area (Å²) in [4.78, 5) is 32.4. The molecule has 31 heavy (non-hydrogen) atoms. The number of anilines is 1. The number of carbonyl (C=O) groups excluding carboxylic acids is 1. The highest BCUT2D eigenvalue weighted by Gasteiger charge is 2.23.